The van der Waals surface area contributed by atoms with Crippen molar-refractivity contribution in [2.24, 2.45) is 0 Å². The Kier molecular flexibility index (Phi) is 5.07. The molecule has 2 heterocycles. The van der Waals surface area contributed by atoms with Crippen molar-refractivity contribution in [1.82, 2.24) is 20.3 Å². The van der Waals surface area contributed by atoms with Crippen LogP contribution in [0.3, 0.4) is 0 Å². The molecule has 1 amide bonds. The molecule has 1 aliphatic rings. The van der Waals surface area contributed by atoms with Crippen molar-refractivity contribution in [3.8, 4) is 11.3 Å². The van der Waals surface area contributed by atoms with Gasteiger partial charge in [0.15, 0.2) is 0 Å². The smallest absolute Gasteiger partial charge is 0.266 e. The van der Waals surface area contributed by atoms with Gasteiger partial charge in [-0.05, 0) is 31.3 Å². The summed E-state index contributed by atoms with van der Waals surface area (Å²) in [6, 6.07) is 17.1. The van der Waals surface area contributed by atoms with Crippen LogP contribution in [0.15, 0.2) is 54.6 Å². The van der Waals surface area contributed by atoms with Gasteiger partial charge in [0, 0.05) is 42.2 Å². The van der Waals surface area contributed by atoms with E-state index in [1.165, 1.54) is 0 Å². The minimum Gasteiger partial charge on any atom is -0.304 e. The van der Waals surface area contributed by atoms with Gasteiger partial charge >= 0.3 is 0 Å². The molecule has 4 rings (SSSR count). The number of halogens is 1. The van der Waals surface area contributed by atoms with Crippen LogP contribution < -0.4 is 5.43 Å². The lowest BCUT2D eigenvalue weighted by Crippen LogP contribution is -2.52. The van der Waals surface area contributed by atoms with Crippen LogP contribution in [-0.4, -0.2) is 54.0 Å². The zero-order valence-electron chi connectivity index (χ0n) is 15.2. The van der Waals surface area contributed by atoms with Crippen LogP contribution in [0.5, 0.6) is 0 Å². The standard InChI is InChI=1S/C21H21ClN4O/c1-25-10-12-26(13-11-25)24-21(27)18-14-20(15-6-8-16(22)9-7-15)23-19-5-3-2-4-17(18)19/h2-9,14H,10-13H2,1H3,(H,24,27). The molecule has 1 N–H and O–H groups in total. The second-order valence-corrected chi connectivity index (χ2v) is 7.25. The third kappa shape index (κ3) is 3.95. The Balaban J connectivity index is 1.70. The van der Waals surface area contributed by atoms with Crippen molar-refractivity contribution in [2.75, 3.05) is 33.2 Å². The van der Waals surface area contributed by atoms with Gasteiger partial charge in [-0.25, -0.2) is 9.99 Å². The molecule has 3 aromatic rings. The highest BCUT2D eigenvalue weighted by atomic mass is 35.5. The van der Waals surface area contributed by atoms with Gasteiger partial charge in [-0.3, -0.25) is 10.2 Å². The van der Waals surface area contributed by atoms with E-state index < -0.39 is 0 Å². The molecule has 0 unspecified atom stereocenters. The van der Waals surface area contributed by atoms with Crippen molar-refractivity contribution in [2.45, 2.75) is 0 Å². The molecule has 27 heavy (non-hydrogen) atoms. The number of rotatable bonds is 3. The molecule has 0 radical (unpaired) electrons. The normalized spacial score (nSPS) is 15.8. The number of likely N-dealkylation sites (N-methyl/N-ethyl adjacent to an activating group) is 1. The number of carbonyl (C=O) groups is 1. The van der Waals surface area contributed by atoms with Crippen LogP contribution in [0.2, 0.25) is 5.02 Å². The van der Waals surface area contributed by atoms with Crippen molar-refractivity contribution in [1.29, 1.82) is 0 Å². The van der Waals surface area contributed by atoms with E-state index in [4.69, 9.17) is 16.6 Å². The molecule has 138 valence electrons. The molecule has 1 aromatic heterocycles. The van der Waals surface area contributed by atoms with Crippen molar-refractivity contribution in [3.63, 3.8) is 0 Å². The van der Waals surface area contributed by atoms with E-state index in [-0.39, 0.29) is 5.91 Å². The monoisotopic (exact) mass is 380 g/mol. The number of fused-ring (bicyclic) bond motifs is 1. The SMILES string of the molecule is CN1CCN(NC(=O)c2cc(-c3ccc(Cl)cc3)nc3ccccc23)CC1. The zero-order valence-corrected chi connectivity index (χ0v) is 15.9. The van der Waals surface area contributed by atoms with Gasteiger partial charge < -0.3 is 4.90 Å². The molecule has 6 heteroatoms. The summed E-state index contributed by atoms with van der Waals surface area (Å²) in [5, 5.41) is 3.51. The number of benzene rings is 2. The number of carbonyl (C=O) groups excluding carboxylic acids is 1. The second-order valence-electron chi connectivity index (χ2n) is 6.81. The number of nitrogens with zero attached hydrogens (tertiary/aromatic N) is 3. The van der Waals surface area contributed by atoms with Gasteiger partial charge in [0.2, 0.25) is 0 Å². The van der Waals surface area contributed by atoms with Gasteiger partial charge in [0.1, 0.15) is 0 Å². The van der Waals surface area contributed by atoms with E-state index in [9.17, 15) is 4.79 Å². The first-order valence-corrected chi connectivity index (χ1v) is 9.38. The lowest BCUT2D eigenvalue weighted by Gasteiger charge is -2.32. The number of pyridine rings is 1. The molecular formula is C21H21ClN4O. The first-order chi connectivity index (χ1) is 13.1. The molecule has 0 bridgehead atoms. The Hall–Kier alpha value is -2.47. The van der Waals surface area contributed by atoms with Gasteiger partial charge in [-0.1, -0.05) is 41.9 Å². The fourth-order valence-corrected chi connectivity index (χ4v) is 3.38. The van der Waals surface area contributed by atoms with Crippen LogP contribution >= 0.6 is 11.6 Å². The number of hydrogen-bond donors (Lipinski definition) is 1. The minimum absolute atomic E-state index is 0.103. The van der Waals surface area contributed by atoms with Crippen LogP contribution in [0.4, 0.5) is 0 Å². The zero-order chi connectivity index (χ0) is 18.8. The average Bonchev–Trinajstić information content (AvgIpc) is 2.69. The molecule has 5 nitrogen and oxygen atoms in total. The number of aromatic nitrogens is 1. The lowest BCUT2D eigenvalue weighted by molar-refractivity contribution is 0.0664. The van der Waals surface area contributed by atoms with E-state index in [0.717, 1.165) is 48.3 Å². The average molecular weight is 381 g/mol. The molecule has 0 atom stereocenters. The molecule has 0 spiro atoms. The third-order valence-electron chi connectivity index (χ3n) is 4.86. The van der Waals surface area contributed by atoms with Crippen LogP contribution in [0, 0.1) is 0 Å². The Morgan fingerprint density at radius 2 is 1.74 bits per heavy atom. The number of para-hydroxylation sites is 1. The Labute approximate surface area is 163 Å². The highest BCUT2D eigenvalue weighted by molar-refractivity contribution is 6.30. The fourth-order valence-electron chi connectivity index (χ4n) is 3.25. The summed E-state index contributed by atoms with van der Waals surface area (Å²) >= 11 is 6.00. The van der Waals surface area contributed by atoms with Gasteiger partial charge in [0.05, 0.1) is 16.8 Å². The summed E-state index contributed by atoms with van der Waals surface area (Å²) in [6.07, 6.45) is 0. The quantitative estimate of drug-likeness (QED) is 0.756. The van der Waals surface area contributed by atoms with Gasteiger partial charge in [-0.15, -0.1) is 0 Å². The Bertz CT molecular complexity index is 966. The van der Waals surface area contributed by atoms with E-state index in [1.807, 2.05) is 59.6 Å². The maximum atomic E-state index is 13.0. The number of amides is 1. The Morgan fingerprint density at radius 3 is 2.48 bits per heavy atom. The summed E-state index contributed by atoms with van der Waals surface area (Å²) in [6.45, 7) is 3.51. The van der Waals surface area contributed by atoms with E-state index in [2.05, 4.69) is 17.4 Å². The predicted molar refractivity (Wildman–Crippen MR) is 109 cm³/mol. The largest absolute Gasteiger partial charge is 0.304 e. The summed E-state index contributed by atoms with van der Waals surface area (Å²) in [4.78, 5) is 20.0. The van der Waals surface area contributed by atoms with Crippen LogP contribution in [0.25, 0.3) is 22.2 Å². The van der Waals surface area contributed by atoms with Crippen molar-refractivity contribution in [3.05, 3.63) is 65.2 Å². The summed E-state index contributed by atoms with van der Waals surface area (Å²) in [7, 11) is 2.09. The molecule has 1 aliphatic heterocycles. The van der Waals surface area contributed by atoms with Gasteiger partial charge in [0.25, 0.3) is 5.91 Å². The highest BCUT2D eigenvalue weighted by Crippen LogP contribution is 2.26. The molecule has 2 aromatic carbocycles. The maximum absolute atomic E-state index is 13.0. The summed E-state index contributed by atoms with van der Waals surface area (Å²) in [5.74, 6) is -0.103. The first kappa shape index (κ1) is 17.9. The summed E-state index contributed by atoms with van der Waals surface area (Å²) in [5.41, 5.74) is 6.17. The molecular weight excluding hydrogens is 360 g/mol. The minimum atomic E-state index is -0.103. The number of hydrazine groups is 1. The van der Waals surface area contributed by atoms with Crippen LogP contribution in [-0.2, 0) is 0 Å². The first-order valence-electron chi connectivity index (χ1n) is 9.00. The van der Waals surface area contributed by atoms with Crippen molar-refractivity contribution >= 4 is 28.4 Å². The van der Waals surface area contributed by atoms with E-state index >= 15 is 0 Å². The number of nitrogens with one attached hydrogen (secondary N) is 1. The molecule has 1 saturated heterocycles. The summed E-state index contributed by atoms with van der Waals surface area (Å²) < 4.78 is 0. The number of hydrogen-bond acceptors (Lipinski definition) is 4. The molecule has 0 saturated carbocycles. The number of piperazine rings is 1. The topological polar surface area (TPSA) is 48.5 Å². The van der Waals surface area contributed by atoms with Crippen molar-refractivity contribution < 1.29 is 4.79 Å². The van der Waals surface area contributed by atoms with E-state index in [1.54, 1.807) is 0 Å². The third-order valence-corrected chi connectivity index (χ3v) is 5.12. The maximum Gasteiger partial charge on any atom is 0.266 e. The second kappa shape index (κ2) is 7.64. The molecule has 0 aliphatic carbocycles. The fraction of sp³-hybridized carbons (Fsp3) is 0.238. The van der Waals surface area contributed by atoms with E-state index in [0.29, 0.717) is 10.6 Å². The van der Waals surface area contributed by atoms with Gasteiger partial charge in [-0.2, -0.15) is 0 Å². The lowest BCUT2D eigenvalue weighted by atomic mass is 10.0. The van der Waals surface area contributed by atoms with Crippen LogP contribution in [0.1, 0.15) is 10.4 Å². The molecule has 1 fully saturated rings. The Morgan fingerprint density at radius 1 is 1.04 bits per heavy atom. The highest BCUT2D eigenvalue weighted by Gasteiger charge is 2.19. The predicted octanol–water partition coefficient (Wildman–Crippen LogP) is 3.45.